The molecule has 0 heterocycles. The lowest BCUT2D eigenvalue weighted by atomic mass is 10.1. The number of rotatable bonds is 6. The summed E-state index contributed by atoms with van der Waals surface area (Å²) in [6.07, 6.45) is -0.433. The predicted molar refractivity (Wildman–Crippen MR) is 57.3 cm³/mol. The van der Waals surface area contributed by atoms with Crippen LogP contribution in [0.15, 0.2) is 0 Å². The molecule has 98 valence electrons. The fraction of sp³-hybridized carbons (Fsp3) is 0.700. The molecule has 2 N–H and O–H groups in total. The lowest BCUT2D eigenvalue weighted by molar-refractivity contribution is -0.151. The molecule has 0 aliphatic carbocycles. The summed E-state index contributed by atoms with van der Waals surface area (Å²) in [5.41, 5.74) is -1.16. The number of aliphatic carboxylic acids is 1. The van der Waals surface area contributed by atoms with E-state index < -0.39 is 35.9 Å². The first kappa shape index (κ1) is 15.4. The molecule has 0 bridgehead atoms. The van der Waals surface area contributed by atoms with Crippen LogP contribution < -0.4 is 5.32 Å². The van der Waals surface area contributed by atoms with Crippen molar-refractivity contribution in [1.82, 2.24) is 5.32 Å². The maximum Gasteiger partial charge on any atom is 0.326 e. The highest BCUT2D eigenvalue weighted by molar-refractivity contribution is 5.90. The average Bonchev–Trinajstić information content (AvgIpc) is 2.27. The zero-order valence-corrected chi connectivity index (χ0v) is 10.3. The average molecular weight is 247 g/mol. The van der Waals surface area contributed by atoms with Gasteiger partial charge in [-0.3, -0.25) is 9.59 Å². The second-order valence-electron chi connectivity index (χ2n) is 3.86. The van der Waals surface area contributed by atoms with Crippen molar-refractivity contribution >= 4 is 17.8 Å². The summed E-state index contributed by atoms with van der Waals surface area (Å²) in [5, 5.41) is 11.1. The van der Waals surface area contributed by atoms with Crippen LogP contribution in [0.25, 0.3) is 0 Å². The molecule has 0 aromatic rings. The second-order valence-corrected chi connectivity index (χ2v) is 3.86. The smallest absolute Gasteiger partial charge is 0.326 e. The van der Waals surface area contributed by atoms with Gasteiger partial charge in [0.05, 0.1) is 13.5 Å². The third-order valence-electron chi connectivity index (χ3n) is 2.26. The van der Waals surface area contributed by atoms with Gasteiger partial charge in [-0.15, -0.1) is 0 Å². The number of esters is 1. The first-order valence-corrected chi connectivity index (χ1v) is 4.90. The van der Waals surface area contributed by atoms with Crippen LogP contribution in [0.4, 0.5) is 0 Å². The molecular formula is C10H17NO6. The Morgan fingerprint density at radius 3 is 2.18 bits per heavy atom. The normalized spacial score (nSPS) is 12.7. The minimum Gasteiger partial charge on any atom is -0.480 e. The highest BCUT2D eigenvalue weighted by Crippen LogP contribution is 2.08. The Morgan fingerprint density at radius 2 is 1.82 bits per heavy atom. The van der Waals surface area contributed by atoms with Crippen molar-refractivity contribution in [2.45, 2.75) is 31.9 Å². The summed E-state index contributed by atoms with van der Waals surface area (Å²) in [6.45, 7) is 2.97. The van der Waals surface area contributed by atoms with E-state index in [1.54, 1.807) is 0 Å². The predicted octanol–water partition coefficient (Wildman–Crippen LogP) is -0.456. The molecule has 17 heavy (non-hydrogen) atoms. The molecule has 0 fully saturated rings. The molecule has 0 saturated carbocycles. The van der Waals surface area contributed by atoms with Crippen LogP contribution in [0.3, 0.4) is 0 Å². The highest BCUT2D eigenvalue weighted by atomic mass is 16.5. The highest BCUT2D eigenvalue weighted by Gasteiger charge is 2.32. The minimum atomic E-state index is -1.33. The van der Waals surface area contributed by atoms with Gasteiger partial charge in [-0.25, -0.2) is 4.79 Å². The number of hydrogen-bond acceptors (Lipinski definition) is 5. The molecule has 0 aliphatic rings. The molecule has 0 aromatic heterocycles. The first-order chi connectivity index (χ1) is 7.74. The monoisotopic (exact) mass is 247 g/mol. The van der Waals surface area contributed by atoms with Gasteiger partial charge in [0.15, 0.2) is 0 Å². The van der Waals surface area contributed by atoms with Crippen LogP contribution in [-0.4, -0.2) is 48.8 Å². The topological polar surface area (TPSA) is 102 Å². The van der Waals surface area contributed by atoms with Crippen molar-refractivity contribution in [3.8, 4) is 0 Å². The number of carboxylic acid groups (broad SMARTS) is 1. The minimum absolute atomic E-state index is 0.433. The zero-order chi connectivity index (χ0) is 13.6. The van der Waals surface area contributed by atoms with Crippen molar-refractivity contribution in [3.63, 3.8) is 0 Å². The Morgan fingerprint density at radius 1 is 1.29 bits per heavy atom. The number of methoxy groups -OCH3 is 2. The molecule has 1 atom stereocenters. The maximum atomic E-state index is 11.6. The van der Waals surface area contributed by atoms with Crippen molar-refractivity contribution in [1.29, 1.82) is 0 Å². The summed E-state index contributed by atoms with van der Waals surface area (Å²) in [5.74, 6) is -2.64. The number of carbonyl (C=O) groups excluding carboxylic acids is 2. The van der Waals surface area contributed by atoms with Gasteiger partial charge in [0, 0.05) is 7.11 Å². The first-order valence-electron chi connectivity index (χ1n) is 4.90. The standard InChI is InChI=1S/C10H17NO6/c1-10(2,17-4)9(15)11-6(8(13)14)5-7(12)16-3/h6H,5H2,1-4H3,(H,11,15)(H,13,14)/t6-/m0/s1. The zero-order valence-electron chi connectivity index (χ0n) is 10.3. The fourth-order valence-electron chi connectivity index (χ4n) is 0.875. The molecule has 0 radical (unpaired) electrons. The van der Waals surface area contributed by atoms with E-state index in [-0.39, 0.29) is 0 Å². The van der Waals surface area contributed by atoms with Crippen LogP contribution in [0.1, 0.15) is 20.3 Å². The fourth-order valence-corrected chi connectivity index (χ4v) is 0.875. The molecule has 0 unspecified atom stereocenters. The van der Waals surface area contributed by atoms with Crippen LogP contribution in [-0.2, 0) is 23.9 Å². The summed E-state index contributed by atoms with van der Waals surface area (Å²) >= 11 is 0. The number of hydrogen-bond donors (Lipinski definition) is 2. The van der Waals surface area contributed by atoms with Gasteiger partial charge in [-0.1, -0.05) is 0 Å². The van der Waals surface area contributed by atoms with Gasteiger partial charge >= 0.3 is 11.9 Å². The van der Waals surface area contributed by atoms with Crippen LogP contribution in [0.5, 0.6) is 0 Å². The third-order valence-corrected chi connectivity index (χ3v) is 2.26. The molecular weight excluding hydrogens is 230 g/mol. The van der Waals surface area contributed by atoms with Gasteiger partial charge in [-0.05, 0) is 13.8 Å². The Balaban J connectivity index is 4.62. The summed E-state index contributed by atoms with van der Waals surface area (Å²) in [6, 6.07) is -1.33. The van der Waals surface area contributed by atoms with Gasteiger partial charge in [-0.2, -0.15) is 0 Å². The number of carbonyl (C=O) groups is 3. The molecule has 7 nitrogen and oxygen atoms in total. The van der Waals surface area contributed by atoms with E-state index in [9.17, 15) is 14.4 Å². The molecule has 0 spiro atoms. The second kappa shape index (κ2) is 6.19. The lowest BCUT2D eigenvalue weighted by Gasteiger charge is -2.24. The SMILES string of the molecule is COC(=O)C[C@H](NC(=O)C(C)(C)OC)C(=O)O. The third kappa shape index (κ3) is 4.81. The number of carboxylic acids is 1. The van der Waals surface area contributed by atoms with E-state index in [1.165, 1.54) is 21.0 Å². The largest absolute Gasteiger partial charge is 0.480 e. The molecule has 0 rings (SSSR count). The summed E-state index contributed by atoms with van der Waals surface area (Å²) in [7, 11) is 2.47. The van der Waals surface area contributed by atoms with Crippen LogP contribution in [0, 0.1) is 0 Å². The Kier molecular flexibility index (Phi) is 5.60. The molecule has 0 aliphatic heterocycles. The van der Waals surface area contributed by atoms with Gasteiger partial charge < -0.3 is 19.9 Å². The van der Waals surface area contributed by atoms with Gasteiger partial charge in [0.1, 0.15) is 11.6 Å². The summed E-state index contributed by atoms with van der Waals surface area (Å²) in [4.78, 5) is 33.4. The number of ether oxygens (including phenoxy) is 2. The van der Waals surface area contributed by atoms with Crippen molar-refractivity contribution in [2.75, 3.05) is 14.2 Å². The van der Waals surface area contributed by atoms with Crippen molar-refractivity contribution in [2.24, 2.45) is 0 Å². The van der Waals surface area contributed by atoms with E-state index in [1.807, 2.05) is 0 Å². The molecule has 7 heteroatoms. The number of nitrogens with one attached hydrogen (secondary N) is 1. The van der Waals surface area contributed by atoms with E-state index in [2.05, 4.69) is 10.1 Å². The lowest BCUT2D eigenvalue weighted by Crippen LogP contribution is -2.51. The Bertz CT molecular complexity index is 312. The Hall–Kier alpha value is -1.63. The molecule has 1 amide bonds. The molecule has 0 saturated heterocycles. The molecule has 0 aromatic carbocycles. The van der Waals surface area contributed by atoms with E-state index in [4.69, 9.17) is 9.84 Å². The summed E-state index contributed by atoms with van der Waals surface area (Å²) < 4.78 is 9.23. The van der Waals surface area contributed by atoms with E-state index >= 15 is 0 Å². The van der Waals surface area contributed by atoms with Gasteiger partial charge in [0.25, 0.3) is 5.91 Å². The van der Waals surface area contributed by atoms with E-state index in [0.717, 1.165) is 7.11 Å². The van der Waals surface area contributed by atoms with Crippen molar-refractivity contribution in [3.05, 3.63) is 0 Å². The van der Waals surface area contributed by atoms with Crippen LogP contribution >= 0.6 is 0 Å². The van der Waals surface area contributed by atoms with Crippen molar-refractivity contribution < 1.29 is 29.0 Å². The maximum absolute atomic E-state index is 11.6. The van der Waals surface area contributed by atoms with Gasteiger partial charge in [0.2, 0.25) is 0 Å². The quantitative estimate of drug-likeness (QED) is 0.616. The van der Waals surface area contributed by atoms with Crippen LogP contribution in [0.2, 0.25) is 0 Å². The Labute approximate surface area is 99.1 Å². The van der Waals surface area contributed by atoms with E-state index in [0.29, 0.717) is 0 Å². The number of amides is 1.